The fourth-order valence-electron chi connectivity index (χ4n) is 3.25. The minimum absolute atomic E-state index is 0.275. The number of fused-ring (bicyclic) bond motifs is 1. The van der Waals surface area contributed by atoms with Gasteiger partial charge in [0.25, 0.3) is 0 Å². The number of hydrogen-bond acceptors (Lipinski definition) is 3. The van der Waals surface area contributed by atoms with Gasteiger partial charge in [-0.1, -0.05) is 6.07 Å². The third-order valence-electron chi connectivity index (χ3n) is 4.35. The summed E-state index contributed by atoms with van der Waals surface area (Å²) in [5, 5.41) is 10.6. The molecule has 2 heterocycles. The zero-order chi connectivity index (χ0) is 13.9. The molecule has 1 aliphatic rings. The highest BCUT2D eigenvalue weighted by Gasteiger charge is 2.23. The van der Waals surface area contributed by atoms with Gasteiger partial charge in [-0.2, -0.15) is 0 Å². The number of aromatic nitrogens is 1. The molecule has 108 valence electrons. The smallest absolute Gasteiger partial charge is 0.128 e. The van der Waals surface area contributed by atoms with Gasteiger partial charge in [0.15, 0.2) is 0 Å². The molecule has 1 saturated heterocycles. The lowest BCUT2D eigenvalue weighted by Crippen LogP contribution is -2.33. The van der Waals surface area contributed by atoms with Crippen molar-refractivity contribution in [3.05, 3.63) is 30.0 Å². The van der Waals surface area contributed by atoms with Gasteiger partial charge >= 0.3 is 0 Å². The van der Waals surface area contributed by atoms with Gasteiger partial charge in [0.05, 0.1) is 13.7 Å². The topological polar surface area (TPSA) is 48.5 Å². The highest BCUT2D eigenvalue weighted by molar-refractivity contribution is 5.89. The van der Waals surface area contributed by atoms with Gasteiger partial charge in [0.1, 0.15) is 5.75 Å². The van der Waals surface area contributed by atoms with Crippen molar-refractivity contribution in [3.63, 3.8) is 0 Å². The van der Waals surface area contributed by atoms with E-state index < -0.39 is 0 Å². The first-order chi connectivity index (χ1) is 9.83. The summed E-state index contributed by atoms with van der Waals surface area (Å²) >= 11 is 0. The Kier molecular flexibility index (Phi) is 3.94. The number of nitrogens with zero attached hydrogens (tertiary/aromatic N) is 1. The average molecular weight is 274 g/mol. The van der Waals surface area contributed by atoms with Crippen LogP contribution in [0.2, 0.25) is 0 Å². The first-order valence-electron chi connectivity index (χ1n) is 7.31. The maximum Gasteiger partial charge on any atom is 0.128 e. The SMILES string of the molecule is COc1cccc2[nH]cc(CCN3CCCC3CO)c12. The number of nitrogens with one attached hydrogen (secondary N) is 1. The van der Waals surface area contributed by atoms with E-state index in [-0.39, 0.29) is 6.61 Å². The Balaban J connectivity index is 1.77. The molecule has 20 heavy (non-hydrogen) atoms. The molecule has 1 aromatic heterocycles. The summed E-state index contributed by atoms with van der Waals surface area (Å²) in [5.74, 6) is 0.930. The molecule has 0 radical (unpaired) electrons. The molecule has 1 aromatic carbocycles. The molecule has 4 nitrogen and oxygen atoms in total. The van der Waals surface area contributed by atoms with Crippen molar-refractivity contribution in [2.45, 2.75) is 25.3 Å². The van der Waals surface area contributed by atoms with Crippen LogP contribution in [0.3, 0.4) is 0 Å². The van der Waals surface area contributed by atoms with Crippen LogP contribution < -0.4 is 4.74 Å². The van der Waals surface area contributed by atoms with Crippen LogP contribution in [0.5, 0.6) is 5.75 Å². The van der Waals surface area contributed by atoms with Crippen molar-refractivity contribution in [2.75, 3.05) is 26.8 Å². The van der Waals surface area contributed by atoms with E-state index in [4.69, 9.17) is 4.74 Å². The Labute approximate surface area is 119 Å². The number of aliphatic hydroxyl groups is 1. The van der Waals surface area contributed by atoms with Crippen LogP contribution in [0.25, 0.3) is 10.9 Å². The normalized spacial score (nSPS) is 19.8. The summed E-state index contributed by atoms with van der Waals surface area (Å²) < 4.78 is 5.47. The molecule has 0 amide bonds. The van der Waals surface area contributed by atoms with Gasteiger partial charge < -0.3 is 14.8 Å². The van der Waals surface area contributed by atoms with Crippen molar-refractivity contribution >= 4 is 10.9 Å². The molecule has 2 aromatic rings. The number of rotatable bonds is 5. The van der Waals surface area contributed by atoms with E-state index in [9.17, 15) is 5.11 Å². The molecular weight excluding hydrogens is 252 g/mol. The fourth-order valence-corrected chi connectivity index (χ4v) is 3.25. The second kappa shape index (κ2) is 5.85. The molecule has 0 spiro atoms. The van der Waals surface area contributed by atoms with E-state index in [0.717, 1.165) is 37.2 Å². The van der Waals surface area contributed by atoms with Crippen molar-refractivity contribution in [3.8, 4) is 5.75 Å². The maximum absolute atomic E-state index is 9.38. The Morgan fingerprint density at radius 2 is 2.35 bits per heavy atom. The minimum atomic E-state index is 0.275. The third kappa shape index (κ3) is 2.41. The number of hydrogen-bond donors (Lipinski definition) is 2. The van der Waals surface area contributed by atoms with Crippen LogP contribution in [0, 0.1) is 0 Å². The van der Waals surface area contributed by atoms with Crippen LogP contribution >= 0.6 is 0 Å². The average Bonchev–Trinajstić information content (AvgIpc) is 3.10. The van der Waals surface area contributed by atoms with Crippen molar-refractivity contribution in [1.82, 2.24) is 9.88 Å². The van der Waals surface area contributed by atoms with Gasteiger partial charge in [-0.25, -0.2) is 0 Å². The number of H-pyrrole nitrogens is 1. The number of likely N-dealkylation sites (tertiary alicyclic amines) is 1. The molecule has 1 unspecified atom stereocenters. The first kappa shape index (κ1) is 13.5. The largest absolute Gasteiger partial charge is 0.496 e. The standard InChI is InChI=1S/C16H22N2O2/c1-20-15-6-2-5-14-16(15)12(10-17-14)7-9-18-8-3-4-13(18)11-19/h2,5-6,10,13,17,19H,3-4,7-9,11H2,1H3. The predicted octanol–water partition coefficient (Wildman–Crippen LogP) is 2.18. The molecule has 1 fully saturated rings. The van der Waals surface area contributed by atoms with E-state index in [1.165, 1.54) is 17.4 Å². The lowest BCUT2D eigenvalue weighted by atomic mass is 10.1. The van der Waals surface area contributed by atoms with Gasteiger partial charge in [0.2, 0.25) is 0 Å². The molecular formula is C16H22N2O2. The van der Waals surface area contributed by atoms with Gasteiger partial charge in [0, 0.05) is 29.7 Å². The zero-order valence-corrected chi connectivity index (χ0v) is 11.9. The molecule has 1 aliphatic heterocycles. The van der Waals surface area contributed by atoms with Crippen LogP contribution in [0.4, 0.5) is 0 Å². The lowest BCUT2D eigenvalue weighted by Gasteiger charge is -2.22. The zero-order valence-electron chi connectivity index (χ0n) is 11.9. The summed E-state index contributed by atoms with van der Waals surface area (Å²) in [5.41, 5.74) is 2.42. The second-order valence-electron chi connectivity index (χ2n) is 5.46. The van der Waals surface area contributed by atoms with Gasteiger partial charge in [-0.15, -0.1) is 0 Å². The van der Waals surface area contributed by atoms with Gasteiger partial charge in [-0.3, -0.25) is 4.90 Å². The van der Waals surface area contributed by atoms with E-state index in [1.807, 2.05) is 12.1 Å². The highest BCUT2D eigenvalue weighted by atomic mass is 16.5. The minimum Gasteiger partial charge on any atom is -0.496 e. The van der Waals surface area contributed by atoms with E-state index >= 15 is 0 Å². The summed E-state index contributed by atoms with van der Waals surface area (Å²) in [6.45, 7) is 2.37. The molecule has 0 aliphatic carbocycles. The Morgan fingerprint density at radius 1 is 1.45 bits per heavy atom. The molecule has 4 heteroatoms. The lowest BCUT2D eigenvalue weighted by molar-refractivity contribution is 0.160. The monoisotopic (exact) mass is 274 g/mol. The first-order valence-corrected chi connectivity index (χ1v) is 7.31. The van der Waals surface area contributed by atoms with Crippen LogP contribution in [0.1, 0.15) is 18.4 Å². The molecule has 1 atom stereocenters. The van der Waals surface area contributed by atoms with Crippen molar-refractivity contribution < 1.29 is 9.84 Å². The molecule has 3 rings (SSSR count). The Hall–Kier alpha value is -1.52. The molecule has 2 N–H and O–H groups in total. The number of methoxy groups -OCH3 is 1. The Bertz CT molecular complexity index is 579. The number of aromatic amines is 1. The summed E-state index contributed by atoms with van der Waals surface area (Å²) in [7, 11) is 1.72. The van der Waals surface area contributed by atoms with Crippen molar-refractivity contribution in [1.29, 1.82) is 0 Å². The van der Waals surface area contributed by atoms with Crippen LogP contribution in [-0.4, -0.2) is 47.8 Å². The summed E-state index contributed by atoms with van der Waals surface area (Å²) in [6, 6.07) is 6.44. The quantitative estimate of drug-likeness (QED) is 0.878. The van der Waals surface area contributed by atoms with Crippen molar-refractivity contribution in [2.24, 2.45) is 0 Å². The Morgan fingerprint density at radius 3 is 3.15 bits per heavy atom. The van der Waals surface area contributed by atoms with Crippen LogP contribution in [-0.2, 0) is 6.42 Å². The maximum atomic E-state index is 9.38. The predicted molar refractivity (Wildman–Crippen MR) is 80.2 cm³/mol. The van der Waals surface area contributed by atoms with E-state index in [1.54, 1.807) is 7.11 Å². The van der Waals surface area contributed by atoms with E-state index in [0.29, 0.717) is 6.04 Å². The van der Waals surface area contributed by atoms with Gasteiger partial charge in [-0.05, 0) is 43.5 Å². The van der Waals surface area contributed by atoms with E-state index in [2.05, 4.69) is 22.1 Å². The number of ether oxygens (including phenoxy) is 1. The fraction of sp³-hybridized carbons (Fsp3) is 0.500. The third-order valence-corrected chi connectivity index (χ3v) is 4.35. The van der Waals surface area contributed by atoms with Crippen LogP contribution in [0.15, 0.2) is 24.4 Å². The molecule has 0 bridgehead atoms. The number of benzene rings is 1. The number of aliphatic hydroxyl groups excluding tert-OH is 1. The highest BCUT2D eigenvalue weighted by Crippen LogP contribution is 2.29. The second-order valence-corrected chi connectivity index (χ2v) is 5.46. The summed E-state index contributed by atoms with van der Waals surface area (Å²) in [4.78, 5) is 5.71. The molecule has 0 saturated carbocycles. The summed E-state index contributed by atoms with van der Waals surface area (Å²) in [6.07, 6.45) is 5.38.